The molecule has 2 saturated heterocycles. The maximum Gasteiger partial charge on any atom is 0.242 e. The summed E-state index contributed by atoms with van der Waals surface area (Å²) in [5.41, 5.74) is 2.04. The normalized spacial score (nSPS) is 24.3. The van der Waals surface area contributed by atoms with Gasteiger partial charge in [-0.15, -0.1) is 0 Å². The van der Waals surface area contributed by atoms with Gasteiger partial charge in [0.15, 0.2) is 0 Å². The Morgan fingerprint density at radius 1 is 1.30 bits per heavy atom. The Morgan fingerprint density at radius 3 is 2.85 bits per heavy atom. The molecule has 0 spiro atoms. The molecule has 1 aromatic rings. The van der Waals surface area contributed by atoms with Gasteiger partial charge in [-0.3, -0.25) is 14.4 Å². The second-order valence-corrected chi connectivity index (χ2v) is 7.62. The fourth-order valence-electron chi connectivity index (χ4n) is 3.85. The molecular formula is C21H29N3O3. The van der Waals surface area contributed by atoms with E-state index in [0.29, 0.717) is 25.4 Å². The van der Waals surface area contributed by atoms with Crippen LogP contribution in [0.15, 0.2) is 24.3 Å². The Labute approximate surface area is 160 Å². The summed E-state index contributed by atoms with van der Waals surface area (Å²) < 4.78 is 0. The van der Waals surface area contributed by atoms with Crippen molar-refractivity contribution in [3.05, 3.63) is 29.8 Å². The SMILES string of the molecule is CCC(C)c1ccccc1N1CC(C(=O)NC2CCCCNC2=O)CC1=O. The summed E-state index contributed by atoms with van der Waals surface area (Å²) >= 11 is 0. The largest absolute Gasteiger partial charge is 0.354 e. The first-order valence-corrected chi connectivity index (χ1v) is 9.98. The molecule has 1 aromatic carbocycles. The molecule has 3 rings (SSSR count). The Bertz CT molecular complexity index is 718. The van der Waals surface area contributed by atoms with Crippen LogP contribution in [0.2, 0.25) is 0 Å². The molecular weight excluding hydrogens is 342 g/mol. The van der Waals surface area contributed by atoms with E-state index in [1.807, 2.05) is 18.2 Å². The lowest BCUT2D eigenvalue weighted by atomic mass is 9.96. The predicted molar refractivity (Wildman–Crippen MR) is 104 cm³/mol. The van der Waals surface area contributed by atoms with E-state index in [9.17, 15) is 14.4 Å². The van der Waals surface area contributed by atoms with Gasteiger partial charge in [0, 0.05) is 25.2 Å². The standard InChI is InChI=1S/C21H29N3O3/c1-3-14(2)16-8-4-5-10-18(16)24-13-15(12-19(24)25)20(26)23-17-9-6-7-11-22-21(17)27/h4-5,8,10,14-15,17H,3,6-7,9,11-13H2,1-2H3,(H,22,27)(H,23,26). The third kappa shape index (κ3) is 4.31. The average molecular weight is 371 g/mol. The van der Waals surface area contributed by atoms with E-state index in [0.717, 1.165) is 30.5 Å². The van der Waals surface area contributed by atoms with Crippen LogP contribution >= 0.6 is 0 Å². The van der Waals surface area contributed by atoms with Gasteiger partial charge in [-0.05, 0) is 43.2 Å². The Balaban J connectivity index is 1.70. The number of amides is 3. The van der Waals surface area contributed by atoms with Crippen LogP contribution in [0.3, 0.4) is 0 Å². The lowest BCUT2D eigenvalue weighted by molar-refractivity contribution is -0.131. The fourth-order valence-corrected chi connectivity index (χ4v) is 3.85. The van der Waals surface area contributed by atoms with Gasteiger partial charge in [0.1, 0.15) is 6.04 Å². The minimum Gasteiger partial charge on any atom is -0.354 e. The molecule has 3 amide bonds. The lowest BCUT2D eigenvalue weighted by Crippen LogP contribution is -2.47. The third-order valence-corrected chi connectivity index (χ3v) is 5.72. The number of hydrogen-bond donors (Lipinski definition) is 2. The van der Waals surface area contributed by atoms with Crippen LogP contribution in [-0.2, 0) is 14.4 Å². The smallest absolute Gasteiger partial charge is 0.242 e. The second kappa shape index (κ2) is 8.55. The van der Waals surface area contributed by atoms with Gasteiger partial charge in [0.05, 0.1) is 5.92 Å². The van der Waals surface area contributed by atoms with Gasteiger partial charge in [-0.25, -0.2) is 0 Å². The predicted octanol–water partition coefficient (Wildman–Crippen LogP) is 2.34. The van der Waals surface area contributed by atoms with Gasteiger partial charge in [-0.1, -0.05) is 32.0 Å². The van der Waals surface area contributed by atoms with Crippen molar-refractivity contribution in [2.75, 3.05) is 18.0 Å². The molecule has 2 fully saturated rings. The van der Waals surface area contributed by atoms with Gasteiger partial charge < -0.3 is 15.5 Å². The van der Waals surface area contributed by atoms with E-state index in [1.165, 1.54) is 0 Å². The Hall–Kier alpha value is -2.37. The first kappa shape index (κ1) is 19.4. The highest BCUT2D eigenvalue weighted by Crippen LogP contribution is 2.33. The van der Waals surface area contributed by atoms with Crippen molar-refractivity contribution < 1.29 is 14.4 Å². The first-order valence-electron chi connectivity index (χ1n) is 9.98. The minimum absolute atomic E-state index is 0.0313. The molecule has 27 heavy (non-hydrogen) atoms. The average Bonchev–Trinajstić information content (AvgIpc) is 2.96. The molecule has 3 atom stereocenters. The van der Waals surface area contributed by atoms with E-state index in [2.05, 4.69) is 30.5 Å². The Kier molecular flexibility index (Phi) is 6.14. The summed E-state index contributed by atoms with van der Waals surface area (Å²) in [6.07, 6.45) is 3.66. The number of rotatable bonds is 5. The molecule has 0 saturated carbocycles. The molecule has 0 bridgehead atoms. The number of benzene rings is 1. The van der Waals surface area contributed by atoms with E-state index >= 15 is 0 Å². The van der Waals surface area contributed by atoms with E-state index in [-0.39, 0.29) is 24.1 Å². The van der Waals surface area contributed by atoms with Crippen LogP contribution in [0.5, 0.6) is 0 Å². The van der Waals surface area contributed by atoms with Crippen LogP contribution < -0.4 is 15.5 Å². The van der Waals surface area contributed by atoms with Crippen LogP contribution in [0.1, 0.15) is 57.4 Å². The summed E-state index contributed by atoms with van der Waals surface area (Å²) in [7, 11) is 0. The van der Waals surface area contributed by atoms with Crippen molar-refractivity contribution >= 4 is 23.4 Å². The molecule has 2 aliphatic heterocycles. The molecule has 0 aromatic heterocycles. The first-order chi connectivity index (χ1) is 13.0. The molecule has 2 aliphatic rings. The number of para-hydroxylation sites is 1. The molecule has 6 nitrogen and oxygen atoms in total. The van der Waals surface area contributed by atoms with Crippen molar-refractivity contribution in [1.29, 1.82) is 0 Å². The van der Waals surface area contributed by atoms with Crippen molar-refractivity contribution in [1.82, 2.24) is 10.6 Å². The van der Waals surface area contributed by atoms with Gasteiger partial charge in [0.25, 0.3) is 0 Å². The summed E-state index contributed by atoms with van der Waals surface area (Å²) in [6.45, 7) is 5.30. The molecule has 2 N–H and O–H groups in total. The summed E-state index contributed by atoms with van der Waals surface area (Å²) in [6, 6.07) is 7.44. The monoisotopic (exact) mass is 371 g/mol. The zero-order valence-electron chi connectivity index (χ0n) is 16.2. The van der Waals surface area contributed by atoms with Gasteiger partial charge in [-0.2, -0.15) is 0 Å². The third-order valence-electron chi connectivity index (χ3n) is 5.72. The summed E-state index contributed by atoms with van der Waals surface area (Å²) in [4.78, 5) is 39.1. The number of hydrogen-bond acceptors (Lipinski definition) is 3. The quantitative estimate of drug-likeness (QED) is 0.834. The highest BCUT2D eigenvalue weighted by Gasteiger charge is 2.37. The number of carbonyl (C=O) groups is 3. The molecule has 6 heteroatoms. The van der Waals surface area contributed by atoms with Crippen LogP contribution in [0.25, 0.3) is 0 Å². The highest BCUT2D eigenvalue weighted by atomic mass is 16.2. The molecule has 0 radical (unpaired) electrons. The second-order valence-electron chi connectivity index (χ2n) is 7.62. The van der Waals surface area contributed by atoms with Gasteiger partial charge >= 0.3 is 0 Å². The Morgan fingerprint density at radius 2 is 2.07 bits per heavy atom. The fraction of sp³-hybridized carbons (Fsp3) is 0.571. The molecule has 146 valence electrons. The van der Waals surface area contributed by atoms with E-state index in [4.69, 9.17) is 0 Å². The minimum atomic E-state index is -0.489. The summed E-state index contributed by atoms with van der Waals surface area (Å²) in [5, 5.41) is 5.69. The van der Waals surface area contributed by atoms with Crippen LogP contribution in [0.4, 0.5) is 5.69 Å². The topological polar surface area (TPSA) is 78.5 Å². The zero-order valence-corrected chi connectivity index (χ0v) is 16.2. The lowest BCUT2D eigenvalue weighted by Gasteiger charge is -2.23. The number of nitrogens with one attached hydrogen (secondary N) is 2. The zero-order chi connectivity index (χ0) is 19.4. The van der Waals surface area contributed by atoms with Crippen molar-refractivity contribution in [3.8, 4) is 0 Å². The van der Waals surface area contributed by atoms with Crippen molar-refractivity contribution in [2.24, 2.45) is 5.92 Å². The van der Waals surface area contributed by atoms with Crippen LogP contribution in [-0.4, -0.2) is 36.9 Å². The number of carbonyl (C=O) groups excluding carboxylic acids is 3. The van der Waals surface area contributed by atoms with E-state index < -0.39 is 12.0 Å². The molecule has 0 aliphatic carbocycles. The van der Waals surface area contributed by atoms with Crippen molar-refractivity contribution in [2.45, 2.75) is 57.9 Å². The molecule has 2 heterocycles. The highest BCUT2D eigenvalue weighted by molar-refractivity contribution is 6.01. The van der Waals surface area contributed by atoms with Crippen molar-refractivity contribution in [3.63, 3.8) is 0 Å². The van der Waals surface area contributed by atoms with Crippen LogP contribution in [0, 0.1) is 5.92 Å². The maximum atomic E-state index is 12.7. The van der Waals surface area contributed by atoms with E-state index in [1.54, 1.807) is 4.90 Å². The maximum absolute atomic E-state index is 12.7. The number of anilines is 1. The van der Waals surface area contributed by atoms with Gasteiger partial charge in [0.2, 0.25) is 17.7 Å². The number of nitrogens with zero attached hydrogens (tertiary/aromatic N) is 1. The summed E-state index contributed by atoms with van der Waals surface area (Å²) in [5.74, 6) is -0.426. The molecule has 3 unspecified atom stereocenters.